The monoisotopic (exact) mass is 410 g/mol. The van der Waals surface area contributed by atoms with Gasteiger partial charge < -0.3 is 23.7 Å². The van der Waals surface area contributed by atoms with Crippen LogP contribution in [0.3, 0.4) is 0 Å². The molecule has 0 N–H and O–H groups in total. The molecular weight excluding hydrogens is 392 g/mol. The summed E-state index contributed by atoms with van der Waals surface area (Å²) in [7, 11) is 0. The Morgan fingerprint density at radius 3 is 1.58 bits per heavy atom. The Morgan fingerprint density at radius 2 is 1.17 bits per heavy atom. The lowest BCUT2D eigenvalue weighted by Crippen LogP contribution is -2.62. The largest absolute Gasteiger partial charge is 0.456 e. The number of rotatable bonds is 5. The maximum Gasteiger partial charge on any atom is 0.305 e. The smallest absolute Gasteiger partial charge is 0.305 e. The average Bonchev–Trinajstić information content (AvgIpc) is 2.42. The number of carbonyl (C=O) groups is 4. The van der Waals surface area contributed by atoms with Crippen molar-refractivity contribution in [2.45, 2.75) is 58.4 Å². The lowest BCUT2D eigenvalue weighted by atomic mass is 9.99. The lowest BCUT2D eigenvalue weighted by Gasteiger charge is -2.43. The molecule has 5 atom stereocenters. The van der Waals surface area contributed by atoms with E-state index in [1.54, 1.807) is 0 Å². The molecule has 1 fully saturated rings. The van der Waals surface area contributed by atoms with Crippen LogP contribution in [0.25, 0.3) is 0 Å². The summed E-state index contributed by atoms with van der Waals surface area (Å²) in [4.78, 5) is 45.5. The van der Waals surface area contributed by atoms with Crippen LogP contribution in [-0.2, 0) is 42.9 Å². The van der Waals surface area contributed by atoms with Crippen LogP contribution in [0.4, 0.5) is 0 Å². The first-order valence-corrected chi connectivity index (χ1v) is 8.18. The van der Waals surface area contributed by atoms with E-state index in [2.05, 4.69) is 15.9 Å². The number of carbonyl (C=O) groups excluding carboxylic acids is 4. The second kappa shape index (κ2) is 8.97. The van der Waals surface area contributed by atoms with Crippen LogP contribution in [-0.4, -0.2) is 59.9 Å². The van der Waals surface area contributed by atoms with Crippen molar-refractivity contribution in [2.24, 2.45) is 0 Å². The van der Waals surface area contributed by atoms with Crippen LogP contribution in [0.1, 0.15) is 27.7 Å². The Morgan fingerprint density at radius 1 is 0.750 bits per heavy atom. The van der Waals surface area contributed by atoms with E-state index in [9.17, 15) is 19.2 Å². The van der Waals surface area contributed by atoms with E-state index in [-0.39, 0.29) is 5.33 Å². The fraction of sp³-hybridized carbons (Fsp3) is 0.714. The van der Waals surface area contributed by atoms with Crippen molar-refractivity contribution in [3.05, 3.63) is 0 Å². The third-order valence-electron chi connectivity index (χ3n) is 2.93. The Hall–Kier alpha value is -1.68. The van der Waals surface area contributed by atoms with Crippen LogP contribution in [0.2, 0.25) is 0 Å². The molecule has 136 valence electrons. The SMILES string of the molecule is CC(=O)OC1OC(CBr)[C@@H](OC(C)=O)[C@@H](OC(C)=O)[C@@H]1OC(C)=O. The summed E-state index contributed by atoms with van der Waals surface area (Å²) in [5, 5.41) is 0.188. The maximum absolute atomic E-state index is 11.4. The molecule has 1 aliphatic heterocycles. The van der Waals surface area contributed by atoms with Crippen LogP contribution in [0, 0.1) is 0 Å². The van der Waals surface area contributed by atoms with Gasteiger partial charge in [-0.3, -0.25) is 19.2 Å². The van der Waals surface area contributed by atoms with Crippen molar-refractivity contribution in [1.82, 2.24) is 0 Å². The molecule has 0 bridgehead atoms. The fourth-order valence-electron chi connectivity index (χ4n) is 2.24. The minimum absolute atomic E-state index is 0.188. The van der Waals surface area contributed by atoms with Gasteiger partial charge in [-0.25, -0.2) is 0 Å². The van der Waals surface area contributed by atoms with Crippen molar-refractivity contribution in [3.8, 4) is 0 Å². The molecule has 10 heteroatoms. The summed E-state index contributed by atoms with van der Waals surface area (Å²) in [5.74, 6) is -2.72. The van der Waals surface area contributed by atoms with Gasteiger partial charge in [-0.1, -0.05) is 15.9 Å². The van der Waals surface area contributed by atoms with Gasteiger partial charge >= 0.3 is 23.9 Å². The zero-order valence-electron chi connectivity index (χ0n) is 13.6. The number of alkyl halides is 1. The van der Waals surface area contributed by atoms with Crippen molar-refractivity contribution in [1.29, 1.82) is 0 Å². The molecule has 1 heterocycles. The summed E-state index contributed by atoms with van der Waals surface area (Å²) >= 11 is 3.19. The van der Waals surface area contributed by atoms with Crippen LogP contribution in [0.15, 0.2) is 0 Å². The normalized spacial score (nSPS) is 29.3. The summed E-state index contributed by atoms with van der Waals surface area (Å²) in [6.45, 7) is 4.60. The summed E-state index contributed by atoms with van der Waals surface area (Å²) in [5.41, 5.74) is 0. The molecule has 0 amide bonds. The van der Waals surface area contributed by atoms with E-state index in [0.717, 1.165) is 20.8 Å². The van der Waals surface area contributed by atoms with Gasteiger partial charge in [0.1, 0.15) is 6.10 Å². The first-order chi connectivity index (χ1) is 11.1. The number of esters is 4. The van der Waals surface area contributed by atoms with Gasteiger partial charge in [0.05, 0.1) is 0 Å². The van der Waals surface area contributed by atoms with Gasteiger partial charge in [0.15, 0.2) is 12.2 Å². The van der Waals surface area contributed by atoms with Gasteiger partial charge in [-0.15, -0.1) is 0 Å². The third kappa shape index (κ3) is 5.75. The molecule has 1 aliphatic rings. The molecule has 0 saturated carbocycles. The molecule has 0 aromatic heterocycles. The first-order valence-electron chi connectivity index (χ1n) is 7.06. The van der Waals surface area contributed by atoms with E-state index in [0.29, 0.717) is 0 Å². The van der Waals surface area contributed by atoms with Crippen molar-refractivity contribution in [3.63, 3.8) is 0 Å². The molecular formula is C14H19BrO9. The molecule has 0 aromatic carbocycles. The predicted octanol–water partition coefficient (Wildman–Crippen LogP) is 0.464. The molecule has 0 radical (unpaired) electrons. The number of ether oxygens (including phenoxy) is 5. The molecule has 1 rings (SSSR count). The van der Waals surface area contributed by atoms with Gasteiger partial charge in [-0.05, 0) is 0 Å². The molecule has 1 saturated heterocycles. The highest BCUT2D eigenvalue weighted by molar-refractivity contribution is 9.09. The Labute approximate surface area is 147 Å². The number of halogens is 1. The Kier molecular flexibility index (Phi) is 7.61. The van der Waals surface area contributed by atoms with Crippen LogP contribution >= 0.6 is 15.9 Å². The quantitative estimate of drug-likeness (QED) is 0.362. The maximum atomic E-state index is 11.4. The van der Waals surface area contributed by atoms with Gasteiger partial charge in [0, 0.05) is 33.0 Å². The summed E-state index contributed by atoms with van der Waals surface area (Å²) in [6.07, 6.45) is -5.65. The minimum atomic E-state index is -1.31. The zero-order valence-corrected chi connectivity index (χ0v) is 15.2. The highest BCUT2D eigenvalue weighted by Gasteiger charge is 2.52. The first kappa shape index (κ1) is 20.4. The Balaban J connectivity index is 3.23. The van der Waals surface area contributed by atoms with Crippen molar-refractivity contribution in [2.75, 3.05) is 5.33 Å². The van der Waals surface area contributed by atoms with Gasteiger partial charge in [0.2, 0.25) is 12.4 Å². The molecule has 2 unspecified atom stereocenters. The highest BCUT2D eigenvalue weighted by Crippen LogP contribution is 2.30. The standard InChI is InChI=1S/C14H19BrO9/c1-6(16)20-11-10(5-15)24-14(23-9(4)19)13(22-8(3)18)12(11)21-7(2)17/h10-14H,5H2,1-4H3/t10?,11-,12-,13+,14?/m1/s1. The van der Waals surface area contributed by atoms with Crippen molar-refractivity contribution >= 4 is 39.8 Å². The number of hydrogen-bond donors (Lipinski definition) is 0. The van der Waals surface area contributed by atoms with E-state index < -0.39 is 54.6 Å². The van der Waals surface area contributed by atoms with Crippen LogP contribution in [0.5, 0.6) is 0 Å². The second-order valence-corrected chi connectivity index (χ2v) is 5.68. The Bertz CT molecular complexity index is 506. The van der Waals surface area contributed by atoms with E-state index >= 15 is 0 Å². The summed E-state index contributed by atoms with van der Waals surface area (Å²) in [6, 6.07) is 0. The molecule has 0 aliphatic carbocycles. The third-order valence-corrected chi connectivity index (χ3v) is 3.57. The van der Waals surface area contributed by atoms with E-state index in [4.69, 9.17) is 23.7 Å². The molecule has 0 spiro atoms. The summed E-state index contributed by atoms with van der Waals surface area (Å²) < 4.78 is 26.0. The van der Waals surface area contributed by atoms with E-state index in [1.165, 1.54) is 6.92 Å². The second-order valence-electron chi connectivity index (χ2n) is 5.03. The minimum Gasteiger partial charge on any atom is -0.456 e. The zero-order chi connectivity index (χ0) is 18.4. The predicted molar refractivity (Wildman–Crippen MR) is 80.9 cm³/mol. The van der Waals surface area contributed by atoms with Crippen LogP contribution < -0.4 is 0 Å². The molecule has 0 aromatic rings. The average molecular weight is 411 g/mol. The van der Waals surface area contributed by atoms with Gasteiger partial charge in [-0.2, -0.15) is 0 Å². The molecule has 24 heavy (non-hydrogen) atoms. The lowest BCUT2D eigenvalue weighted by molar-refractivity contribution is -0.291. The molecule has 9 nitrogen and oxygen atoms in total. The van der Waals surface area contributed by atoms with E-state index in [1.807, 2.05) is 0 Å². The topological polar surface area (TPSA) is 114 Å². The fourth-order valence-corrected chi connectivity index (χ4v) is 2.76. The number of hydrogen-bond acceptors (Lipinski definition) is 9. The van der Waals surface area contributed by atoms with Gasteiger partial charge in [0.25, 0.3) is 0 Å². The van der Waals surface area contributed by atoms with Crippen molar-refractivity contribution < 1.29 is 42.9 Å². The highest BCUT2D eigenvalue weighted by atomic mass is 79.9.